The lowest BCUT2D eigenvalue weighted by molar-refractivity contribution is -0.155. The molecule has 3 amide bonds. The maximum Gasteiger partial charge on any atom is 0.243 e. The normalized spacial score (nSPS) is 13.0. The van der Waals surface area contributed by atoms with Crippen LogP contribution in [0.3, 0.4) is 0 Å². The molecule has 0 saturated heterocycles. The van der Waals surface area contributed by atoms with Gasteiger partial charge in [-0.1, -0.05) is 32.3 Å². The van der Waals surface area contributed by atoms with E-state index in [1.54, 1.807) is 18.2 Å². The molecule has 3 N–H and O–H groups in total. The van der Waals surface area contributed by atoms with E-state index in [2.05, 4.69) is 10.9 Å². The average molecular weight is 379 g/mol. The monoisotopic (exact) mass is 379 g/mol. The van der Waals surface area contributed by atoms with E-state index in [1.807, 2.05) is 6.92 Å². The second kappa shape index (κ2) is 10.4. The van der Waals surface area contributed by atoms with Crippen LogP contribution in [0.2, 0.25) is 0 Å². The zero-order valence-corrected chi connectivity index (χ0v) is 15.3. The first-order valence-electron chi connectivity index (χ1n) is 8.91. The van der Waals surface area contributed by atoms with Gasteiger partial charge in [-0.25, -0.2) is 5.06 Å². The summed E-state index contributed by atoms with van der Waals surface area (Å²) in [6, 6.07) is 5.18. The Labute approximate surface area is 157 Å². The highest BCUT2D eigenvalue weighted by Gasteiger charge is 2.21. The molecule has 0 aliphatic carbocycles. The van der Waals surface area contributed by atoms with Crippen molar-refractivity contribution >= 4 is 18.2 Å². The standard InChI is InChI=1S/C18H25N3O6/c1-2-3-4-5-14(10-21(25)11-22)18(24)20-19-17(23)9-13-6-7-15-16(8-13)27-12-26-15/h6-8,11,14,25H,2-5,9-10,12H2,1H3,(H,19,23)(H,20,24)/t14-/m1/s1. The number of hydrogen-bond donors (Lipinski definition) is 3. The Hall–Kier alpha value is -2.81. The number of hydrogen-bond acceptors (Lipinski definition) is 6. The van der Waals surface area contributed by atoms with Crippen LogP contribution in [0.1, 0.15) is 38.2 Å². The van der Waals surface area contributed by atoms with Gasteiger partial charge in [-0.2, -0.15) is 0 Å². The molecular formula is C18H25N3O6. The van der Waals surface area contributed by atoms with Crippen LogP contribution in [0.5, 0.6) is 11.5 Å². The fourth-order valence-corrected chi connectivity index (χ4v) is 2.73. The number of carbonyl (C=O) groups is 3. The Morgan fingerprint density at radius 2 is 2.04 bits per heavy atom. The first kappa shape index (κ1) is 20.5. The van der Waals surface area contributed by atoms with Crippen molar-refractivity contribution in [1.29, 1.82) is 0 Å². The number of unbranched alkanes of at least 4 members (excludes halogenated alkanes) is 2. The summed E-state index contributed by atoms with van der Waals surface area (Å²) >= 11 is 0. The van der Waals surface area contributed by atoms with Crippen LogP contribution in [0.15, 0.2) is 18.2 Å². The molecule has 1 aromatic rings. The molecule has 1 aliphatic heterocycles. The summed E-state index contributed by atoms with van der Waals surface area (Å²) in [5.41, 5.74) is 5.44. The van der Waals surface area contributed by atoms with Crippen molar-refractivity contribution < 1.29 is 29.1 Å². The summed E-state index contributed by atoms with van der Waals surface area (Å²) in [6.45, 7) is 2.06. The molecule has 2 rings (SSSR count). The lowest BCUT2D eigenvalue weighted by Gasteiger charge is -2.19. The minimum absolute atomic E-state index is 0.0535. The van der Waals surface area contributed by atoms with Crippen LogP contribution < -0.4 is 20.3 Å². The van der Waals surface area contributed by atoms with Gasteiger partial charge in [0, 0.05) is 0 Å². The number of ether oxygens (including phenoxy) is 2. The van der Waals surface area contributed by atoms with E-state index in [0.29, 0.717) is 28.5 Å². The van der Waals surface area contributed by atoms with Gasteiger partial charge >= 0.3 is 0 Å². The van der Waals surface area contributed by atoms with Crippen molar-refractivity contribution in [3.63, 3.8) is 0 Å². The number of carbonyl (C=O) groups excluding carboxylic acids is 3. The Balaban J connectivity index is 1.83. The van der Waals surface area contributed by atoms with Crippen LogP contribution in [0.4, 0.5) is 0 Å². The molecule has 1 aromatic carbocycles. The van der Waals surface area contributed by atoms with Crippen molar-refractivity contribution in [3.05, 3.63) is 23.8 Å². The minimum atomic E-state index is -0.613. The van der Waals surface area contributed by atoms with Gasteiger partial charge < -0.3 is 9.47 Å². The van der Waals surface area contributed by atoms with E-state index in [9.17, 15) is 19.6 Å². The third-order valence-corrected chi connectivity index (χ3v) is 4.18. The van der Waals surface area contributed by atoms with E-state index in [-0.39, 0.29) is 26.2 Å². The van der Waals surface area contributed by atoms with Crippen molar-refractivity contribution in [1.82, 2.24) is 15.9 Å². The summed E-state index contributed by atoms with van der Waals surface area (Å²) in [5, 5.41) is 9.79. The van der Waals surface area contributed by atoms with Crippen LogP contribution in [-0.4, -0.2) is 41.8 Å². The molecule has 0 unspecified atom stereocenters. The number of nitrogens with zero attached hydrogens (tertiary/aromatic N) is 1. The maximum atomic E-state index is 12.3. The van der Waals surface area contributed by atoms with Gasteiger partial charge in [-0.3, -0.25) is 30.4 Å². The van der Waals surface area contributed by atoms with Crippen molar-refractivity contribution in [2.75, 3.05) is 13.3 Å². The highest BCUT2D eigenvalue weighted by molar-refractivity contribution is 5.84. The SMILES string of the molecule is CCCCC[C@H](CN(O)C=O)C(=O)NNC(=O)Cc1ccc2c(c1)OCO2. The Bertz CT molecular complexity index is 666. The molecule has 148 valence electrons. The molecule has 9 heteroatoms. The van der Waals surface area contributed by atoms with Crippen LogP contribution in [0, 0.1) is 5.92 Å². The molecule has 1 aliphatic rings. The maximum absolute atomic E-state index is 12.3. The Kier molecular flexibility index (Phi) is 7.87. The number of hydrazine groups is 1. The second-order valence-electron chi connectivity index (χ2n) is 6.32. The molecular weight excluding hydrogens is 354 g/mol. The Morgan fingerprint density at radius 3 is 2.78 bits per heavy atom. The summed E-state index contributed by atoms with van der Waals surface area (Å²) in [6.07, 6.45) is 3.51. The predicted octanol–water partition coefficient (Wildman–Crippen LogP) is 1.15. The highest BCUT2D eigenvalue weighted by Crippen LogP contribution is 2.32. The minimum Gasteiger partial charge on any atom is -0.454 e. The zero-order valence-electron chi connectivity index (χ0n) is 15.3. The largest absolute Gasteiger partial charge is 0.454 e. The topological polar surface area (TPSA) is 117 Å². The van der Waals surface area contributed by atoms with E-state index < -0.39 is 17.7 Å². The van der Waals surface area contributed by atoms with Crippen LogP contribution in [-0.2, 0) is 20.8 Å². The van der Waals surface area contributed by atoms with Crippen molar-refractivity contribution in [2.24, 2.45) is 5.92 Å². The number of benzene rings is 1. The number of rotatable bonds is 10. The number of fused-ring (bicyclic) bond motifs is 1. The van der Waals surface area contributed by atoms with Gasteiger partial charge in [0.15, 0.2) is 11.5 Å². The first-order valence-corrected chi connectivity index (χ1v) is 8.91. The molecule has 0 saturated carbocycles. The molecule has 0 bridgehead atoms. The molecule has 1 atom stereocenters. The Morgan fingerprint density at radius 1 is 1.26 bits per heavy atom. The van der Waals surface area contributed by atoms with Gasteiger partial charge in [0.1, 0.15) is 0 Å². The lowest BCUT2D eigenvalue weighted by Crippen LogP contribution is -2.47. The van der Waals surface area contributed by atoms with Crippen molar-refractivity contribution in [2.45, 2.75) is 39.0 Å². The fourth-order valence-electron chi connectivity index (χ4n) is 2.73. The number of amides is 3. The average Bonchev–Trinajstić information content (AvgIpc) is 3.13. The lowest BCUT2D eigenvalue weighted by atomic mass is 10.0. The first-order chi connectivity index (χ1) is 13.0. The summed E-state index contributed by atoms with van der Waals surface area (Å²) < 4.78 is 10.5. The zero-order chi connectivity index (χ0) is 19.6. The van der Waals surface area contributed by atoms with Gasteiger partial charge in [-0.15, -0.1) is 0 Å². The summed E-state index contributed by atoms with van der Waals surface area (Å²) in [4.78, 5) is 34.9. The van der Waals surface area contributed by atoms with Crippen LogP contribution in [0.25, 0.3) is 0 Å². The van der Waals surface area contributed by atoms with Gasteiger partial charge in [0.2, 0.25) is 25.0 Å². The number of nitrogens with one attached hydrogen (secondary N) is 2. The molecule has 0 spiro atoms. The van der Waals surface area contributed by atoms with Gasteiger partial charge in [0.05, 0.1) is 18.9 Å². The quantitative estimate of drug-likeness (QED) is 0.243. The van der Waals surface area contributed by atoms with Gasteiger partial charge in [0.25, 0.3) is 0 Å². The molecule has 27 heavy (non-hydrogen) atoms. The third-order valence-electron chi connectivity index (χ3n) is 4.18. The van der Waals surface area contributed by atoms with E-state index in [0.717, 1.165) is 19.3 Å². The second-order valence-corrected chi connectivity index (χ2v) is 6.32. The highest BCUT2D eigenvalue weighted by atomic mass is 16.7. The molecule has 9 nitrogen and oxygen atoms in total. The van der Waals surface area contributed by atoms with Gasteiger partial charge in [-0.05, 0) is 24.1 Å². The summed E-state index contributed by atoms with van der Waals surface area (Å²) in [5.74, 6) is -0.252. The smallest absolute Gasteiger partial charge is 0.243 e. The third kappa shape index (κ3) is 6.45. The molecule has 0 fully saturated rings. The van der Waals surface area contributed by atoms with Crippen LogP contribution >= 0.6 is 0 Å². The molecule has 1 heterocycles. The molecule has 0 radical (unpaired) electrons. The number of hydroxylamine groups is 2. The summed E-state index contributed by atoms with van der Waals surface area (Å²) in [7, 11) is 0. The van der Waals surface area contributed by atoms with E-state index >= 15 is 0 Å². The van der Waals surface area contributed by atoms with E-state index in [4.69, 9.17) is 9.47 Å². The fraction of sp³-hybridized carbons (Fsp3) is 0.500. The van der Waals surface area contributed by atoms with Crippen molar-refractivity contribution in [3.8, 4) is 11.5 Å². The molecule has 0 aromatic heterocycles. The van der Waals surface area contributed by atoms with E-state index in [1.165, 1.54) is 0 Å². The predicted molar refractivity (Wildman–Crippen MR) is 94.7 cm³/mol.